The van der Waals surface area contributed by atoms with Crippen molar-refractivity contribution in [3.8, 4) is 5.75 Å². The molecule has 0 saturated carbocycles. The van der Waals surface area contributed by atoms with Crippen LogP contribution in [0.4, 0.5) is 4.39 Å². The first-order valence-corrected chi connectivity index (χ1v) is 5.80. The van der Waals surface area contributed by atoms with Crippen LogP contribution in [0.15, 0.2) is 18.2 Å². The molecule has 1 rings (SSSR count). The van der Waals surface area contributed by atoms with Gasteiger partial charge in [-0.25, -0.2) is 4.39 Å². The van der Waals surface area contributed by atoms with E-state index in [-0.39, 0.29) is 11.9 Å². The number of halogens is 1. The molecule has 1 aromatic rings. The minimum Gasteiger partial charge on any atom is -0.496 e. The van der Waals surface area contributed by atoms with E-state index in [0.29, 0.717) is 0 Å². The van der Waals surface area contributed by atoms with E-state index in [0.717, 1.165) is 24.4 Å². The lowest BCUT2D eigenvalue weighted by atomic mass is 10.0. The first-order valence-electron chi connectivity index (χ1n) is 5.80. The van der Waals surface area contributed by atoms with Crippen LogP contribution in [0.2, 0.25) is 0 Å². The van der Waals surface area contributed by atoms with Crippen molar-refractivity contribution in [2.24, 2.45) is 0 Å². The Morgan fingerprint density at radius 3 is 2.65 bits per heavy atom. The predicted octanol–water partition coefficient (Wildman–Crippen LogP) is 2.05. The van der Waals surface area contributed by atoms with Gasteiger partial charge in [0.25, 0.3) is 0 Å². The van der Waals surface area contributed by atoms with Crippen molar-refractivity contribution in [2.45, 2.75) is 13.0 Å². The van der Waals surface area contributed by atoms with E-state index >= 15 is 0 Å². The molecule has 0 radical (unpaired) electrons. The second kappa shape index (κ2) is 6.57. The fraction of sp³-hybridized carbons (Fsp3) is 0.538. The van der Waals surface area contributed by atoms with Crippen molar-refractivity contribution in [1.29, 1.82) is 0 Å². The number of benzene rings is 1. The summed E-state index contributed by atoms with van der Waals surface area (Å²) in [5.74, 6) is 0.493. The van der Waals surface area contributed by atoms with Crippen LogP contribution >= 0.6 is 0 Å². The van der Waals surface area contributed by atoms with Gasteiger partial charge in [-0.15, -0.1) is 0 Å². The van der Waals surface area contributed by atoms with E-state index in [9.17, 15) is 4.39 Å². The Morgan fingerprint density at radius 2 is 2.12 bits per heavy atom. The van der Waals surface area contributed by atoms with Crippen LogP contribution in [0.1, 0.15) is 18.5 Å². The molecule has 17 heavy (non-hydrogen) atoms. The van der Waals surface area contributed by atoms with Gasteiger partial charge in [0.1, 0.15) is 11.6 Å². The van der Waals surface area contributed by atoms with E-state index in [2.05, 4.69) is 17.1 Å². The van der Waals surface area contributed by atoms with Gasteiger partial charge >= 0.3 is 0 Å². The van der Waals surface area contributed by atoms with Crippen molar-refractivity contribution in [2.75, 3.05) is 34.3 Å². The Bertz CT molecular complexity index is 355. The zero-order valence-corrected chi connectivity index (χ0v) is 11.0. The average molecular weight is 240 g/mol. The summed E-state index contributed by atoms with van der Waals surface area (Å²) in [7, 11) is 5.56. The van der Waals surface area contributed by atoms with Crippen molar-refractivity contribution >= 4 is 0 Å². The zero-order chi connectivity index (χ0) is 12.8. The number of ether oxygens (including phenoxy) is 1. The van der Waals surface area contributed by atoms with Gasteiger partial charge in [0.15, 0.2) is 0 Å². The molecule has 0 heterocycles. The summed E-state index contributed by atoms with van der Waals surface area (Å²) in [6.07, 6.45) is 0. The Kier molecular flexibility index (Phi) is 5.38. The summed E-state index contributed by atoms with van der Waals surface area (Å²) < 4.78 is 18.6. The SMILES string of the molecule is CCNCC(c1cc(F)ccc1OC)N(C)C. The number of rotatable bonds is 6. The first-order chi connectivity index (χ1) is 8.10. The number of hydrogen-bond donors (Lipinski definition) is 1. The molecule has 1 N–H and O–H groups in total. The summed E-state index contributed by atoms with van der Waals surface area (Å²) in [5.41, 5.74) is 0.874. The molecule has 1 unspecified atom stereocenters. The summed E-state index contributed by atoms with van der Waals surface area (Å²) in [5, 5.41) is 3.28. The van der Waals surface area contributed by atoms with Crippen LogP contribution in [-0.4, -0.2) is 39.2 Å². The van der Waals surface area contributed by atoms with Crippen LogP contribution in [0.25, 0.3) is 0 Å². The van der Waals surface area contributed by atoms with Gasteiger partial charge in [-0.3, -0.25) is 0 Å². The Morgan fingerprint density at radius 1 is 1.41 bits per heavy atom. The highest BCUT2D eigenvalue weighted by atomic mass is 19.1. The van der Waals surface area contributed by atoms with Crippen molar-refractivity contribution in [1.82, 2.24) is 10.2 Å². The summed E-state index contributed by atoms with van der Waals surface area (Å²) in [6.45, 7) is 3.71. The number of nitrogens with zero attached hydrogens (tertiary/aromatic N) is 1. The van der Waals surface area contributed by atoms with Gasteiger partial charge in [0, 0.05) is 12.1 Å². The van der Waals surface area contributed by atoms with Gasteiger partial charge in [-0.1, -0.05) is 6.92 Å². The zero-order valence-electron chi connectivity index (χ0n) is 11.0. The smallest absolute Gasteiger partial charge is 0.123 e. The van der Waals surface area contributed by atoms with Crippen molar-refractivity contribution in [3.63, 3.8) is 0 Å². The Hall–Kier alpha value is -1.13. The lowest BCUT2D eigenvalue weighted by Crippen LogP contribution is -2.31. The molecule has 0 amide bonds. The van der Waals surface area contributed by atoms with Gasteiger partial charge in [-0.2, -0.15) is 0 Å². The minimum atomic E-state index is -0.232. The molecule has 1 atom stereocenters. The standard InChI is InChI=1S/C13H21FN2O/c1-5-15-9-12(16(2)3)11-8-10(14)6-7-13(11)17-4/h6-8,12,15H,5,9H2,1-4H3. The maximum Gasteiger partial charge on any atom is 0.123 e. The van der Waals surface area contributed by atoms with Crippen LogP contribution < -0.4 is 10.1 Å². The molecule has 0 aliphatic rings. The molecule has 0 saturated heterocycles. The monoisotopic (exact) mass is 240 g/mol. The summed E-state index contributed by atoms with van der Waals surface area (Å²) in [4.78, 5) is 2.06. The van der Waals surface area contributed by atoms with Crippen LogP contribution in [-0.2, 0) is 0 Å². The highest BCUT2D eigenvalue weighted by Gasteiger charge is 2.18. The third-order valence-corrected chi connectivity index (χ3v) is 2.76. The molecule has 1 aromatic carbocycles. The fourth-order valence-corrected chi connectivity index (χ4v) is 1.82. The highest BCUT2D eigenvalue weighted by Crippen LogP contribution is 2.28. The molecule has 4 heteroatoms. The molecule has 0 aliphatic heterocycles. The van der Waals surface area contributed by atoms with Crippen LogP contribution in [0.5, 0.6) is 5.75 Å². The predicted molar refractivity (Wildman–Crippen MR) is 67.9 cm³/mol. The molecule has 0 bridgehead atoms. The number of hydrogen-bond acceptors (Lipinski definition) is 3. The maximum atomic E-state index is 13.3. The molecular formula is C13H21FN2O. The minimum absolute atomic E-state index is 0.0978. The summed E-state index contributed by atoms with van der Waals surface area (Å²) in [6, 6.07) is 4.73. The fourth-order valence-electron chi connectivity index (χ4n) is 1.82. The average Bonchev–Trinajstić information content (AvgIpc) is 2.29. The van der Waals surface area contributed by atoms with E-state index in [1.165, 1.54) is 6.07 Å². The Balaban J connectivity index is 3.02. The van der Waals surface area contributed by atoms with Gasteiger partial charge in [0.2, 0.25) is 0 Å². The second-order valence-electron chi connectivity index (χ2n) is 4.17. The first kappa shape index (κ1) is 13.9. The Labute approximate surface area is 103 Å². The summed E-state index contributed by atoms with van der Waals surface area (Å²) >= 11 is 0. The molecule has 3 nitrogen and oxygen atoms in total. The van der Waals surface area contributed by atoms with Gasteiger partial charge in [-0.05, 0) is 38.8 Å². The largest absolute Gasteiger partial charge is 0.496 e. The highest BCUT2D eigenvalue weighted by molar-refractivity contribution is 5.36. The molecule has 96 valence electrons. The number of nitrogens with one attached hydrogen (secondary N) is 1. The quantitative estimate of drug-likeness (QED) is 0.823. The molecule has 0 aliphatic carbocycles. The van der Waals surface area contributed by atoms with E-state index < -0.39 is 0 Å². The number of likely N-dealkylation sites (N-methyl/N-ethyl adjacent to an activating group) is 2. The topological polar surface area (TPSA) is 24.5 Å². The van der Waals surface area contributed by atoms with Crippen LogP contribution in [0.3, 0.4) is 0 Å². The van der Waals surface area contributed by atoms with Crippen LogP contribution in [0, 0.1) is 5.82 Å². The van der Waals surface area contributed by atoms with E-state index in [1.54, 1.807) is 19.2 Å². The van der Waals surface area contributed by atoms with Crippen molar-refractivity contribution < 1.29 is 9.13 Å². The van der Waals surface area contributed by atoms with E-state index in [4.69, 9.17) is 4.74 Å². The lowest BCUT2D eigenvalue weighted by Gasteiger charge is -2.26. The van der Waals surface area contributed by atoms with Gasteiger partial charge in [0.05, 0.1) is 13.2 Å². The number of methoxy groups -OCH3 is 1. The van der Waals surface area contributed by atoms with Crippen molar-refractivity contribution in [3.05, 3.63) is 29.6 Å². The molecule has 0 fully saturated rings. The third kappa shape index (κ3) is 3.68. The second-order valence-corrected chi connectivity index (χ2v) is 4.17. The van der Waals surface area contributed by atoms with Gasteiger partial charge < -0.3 is 15.0 Å². The lowest BCUT2D eigenvalue weighted by molar-refractivity contribution is 0.280. The normalized spacial score (nSPS) is 12.8. The molecular weight excluding hydrogens is 219 g/mol. The molecule has 0 aromatic heterocycles. The third-order valence-electron chi connectivity index (χ3n) is 2.76. The molecule has 0 spiro atoms. The van der Waals surface area contributed by atoms with E-state index in [1.807, 2.05) is 14.1 Å². The maximum absolute atomic E-state index is 13.3.